The molecule has 2 aliphatic rings. The molecule has 2 atom stereocenters. The Morgan fingerprint density at radius 3 is 2.83 bits per heavy atom. The Labute approximate surface area is 75.2 Å². The normalized spacial score (nSPS) is 34.6. The summed E-state index contributed by atoms with van der Waals surface area (Å²) in [5, 5.41) is 0. The molecule has 1 nitrogen and oxygen atoms in total. The summed E-state index contributed by atoms with van der Waals surface area (Å²) in [6.07, 6.45) is 11.3. The molecule has 0 aromatic rings. The molecule has 0 unspecified atom stereocenters. The highest BCUT2D eigenvalue weighted by atomic mass is 16.0. The van der Waals surface area contributed by atoms with Gasteiger partial charge in [0.2, 0.25) is 0 Å². The number of hydrogen-bond donors (Lipinski definition) is 0. The second-order valence-electron chi connectivity index (χ2n) is 4.24. The molecule has 2 aliphatic carbocycles. The fourth-order valence-electron chi connectivity index (χ4n) is 2.57. The lowest BCUT2D eigenvalue weighted by atomic mass is 9.75. The first-order chi connectivity index (χ1) is 5.36. The van der Waals surface area contributed by atoms with Crippen LogP contribution in [0.3, 0.4) is 0 Å². The minimum atomic E-state index is 0. The smallest absolute Gasteiger partial charge is 0.0203 e. The van der Waals surface area contributed by atoms with Crippen LogP contribution in [-0.2, 0) is 0 Å². The van der Waals surface area contributed by atoms with E-state index in [2.05, 4.69) is 13.0 Å². The van der Waals surface area contributed by atoms with Crippen LogP contribution in [0.1, 0.15) is 45.4 Å². The first-order valence-electron chi connectivity index (χ1n) is 5.07. The van der Waals surface area contributed by atoms with Gasteiger partial charge >= 0.3 is 0 Å². The SMILES string of the molecule is C[C@@H]1C=C2CCCC[C@H]2CC1.O. The van der Waals surface area contributed by atoms with Gasteiger partial charge in [0, 0.05) is 0 Å². The molecule has 0 saturated heterocycles. The van der Waals surface area contributed by atoms with Gasteiger partial charge in [0.15, 0.2) is 0 Å². The lowest BCUT2D eigenvalue weighted by Gasteiger charge is -2.31. The quantitative estimate of drug-likeness (QED) is 0.498. The van der Waals surface area contributed by atoms with E-state index in [0.717, 1.165) is 11.8 Å². The zero-order valence-electron chi connectivity index (χ0n) is 7.97. The summed E-state index contributed by atoms with van der Waals surface area (Å²) < 4.78 is 0. The minimum absolute atomic E-state index is 0. The third-order valence-electron chi connectivity index (χ3n) is 3.26. The van der Waals surface area contributed by atoms with Crippen LogP contribution in [0, 0.1) is 11.8 Å². The monoisotopic (exact) mass is 168 g/mol. The van der Waals surface area contributed by atoms with Crippen molar-refractivity contribution >= 4 is 0 Å². The van der Waals surface area contributed by atoms with E-state index >= 15 is 0 Å². The second-order valence-corrected chi connectivity index (χ2v) is 4.24. The molecule has 1 saturated carbocycles. The molecule has 0 bridgehead atoms. The summed E-state index contributed by atoms with van der Waals surface area (Å²) in [4.78, 5) is 0. The highest BCUT2D eigenvalue weighted by Gasteiger charge is 2.22. The second kappa shape index (κ2) is 4.08. The van der Waals surface area contributed by atoms with Gasteiger partial charge in [-0.3, -0.25) is 0 Å². The first kappa shape index (κ1) is 9.79. The van der Waals surface area contributed by atoms with Gasteiger partial charge in [-0.1, -0.05) is 25.0 Å². The molecule has 2 N–H and O–H groups in total. The van der Waals surface area contributed by atoms with Crippen molar-refractivity contribution in [2.45, 2.75) is 45.4 Å². The third kappa shape index (κ3) is 1.89. The Hall–Kier alpha value is -0.300. The van der Waals surface area contributed by atoms with Gasteiger partial charge < -0.3 is 5.48 Å². The van der Waals surface area contributed by atoms with E-state index in [4.69, 9.17) is 0 Å². The summed E-state index contributed by atoms with van der Waals surface area (Å²) in [5.41, 5.74) is 1.80. The van der Waals surface area contributed by atoms with Gasteiger partial charge in [-0.2, -0.15) is 0 Å². The van der Waals surface area contributed by atoms with Crippen molar-refractivity contribution in [1.82, 2.24) is 0 Å². The van der Waals surface area contributed by atoms with Crippen LogP contribution in [-0.4, -0.2) is 5.48 Å². The molecule has 70 valence electrons. The maximum absolute atomic E-state index is 2.55. The standard InChI is InChI=1S/C11H18.H2O/c1-9-6-7-10-4-2-3-5-11(10)8-9;/h8-10H,2-7H2,1H3;1H2/t9-,10-;/m0./s1. The average molecular weight is 168 g/mol. The summed E-state index contributed by atoms with van der Waals surface area (Å²) in [7, 11) is 0. The van der Waals surface area contributed by atoms with Crippen molar-refractivity contribution in [3.05, 3.63) is 11.6 Å². The van der Waals surface area contributed by atoms with Crippen LogP contribution in [0.4, 0.5) is 0 Å². The molecule has 0 aromatic heterocycles. The molecule has 0 aromatic carbocycles. The fourth-order valence-corrected chi connectivity index (χ4v) is 2.57. The summed E-state index contributed by atoms with van der Waals surface area (Å²) >= 11 is 0. The molecule has 0 spiro atoms. The van der Waals surface area contributed by atoms with Gasteiger partial charge in [-0.05, 0) is 43.9 Å². The van der Waals surface area contributed by atoms with E-state index in [-0.39, 0.29) is 5.48 Å². The summed E-state index contributed by atoms with van der Waals surface area (Å²) in [6, 6.07) is 0. The van der Waals surface area contributed by atoms with Crippen molar-refractivity contribution in [3.8, 4) is 0 Å². The van der Waals surface area contributed by atoms with Gasteiger partial charge in [0.25, 0.3) is 0 Å². The maximum atomic E-state index is 2.55. The van der Waals surface area contributed by atoms with Crippen LogP contribution < -0.4 is 0 Å². The molecule has 0 amide bonds. The minimum Gasteiger partial charge on any atom is -0.412 e. The van der Waals surface area contributed by atoms with E-state index in [1.165, 1.54) is 38.5 Å². The average Bonchev–Trinajstić information content (AvgIpc) is 2.04. The molecule has 0 heterocycles. The van der Waals surface area contributed by atoms with Gasteiger partial charge in [0.1, 0.15) is 0 Å². The predicted molar refractivity (Wildman–Crippen MR) is 52.1 cm³/mol. The van der Waals surface area contributed by atoms with Crippen molar-refractivity contribution in [3.63, 3.8) is 0 Å². The summed E-state index contributed by atoms with van der Waals surface area (Å²) in [5.74, 6) is 1.87. The lowest BCUT2D eigenvalue weighted by Crippen LogP contribution is -2.16. The fraction of sp³-hybridized carbons (Fsp3) is 0.818. The summed E-state index contributed by atoms with van der Waals surface area (Å²) in [6.45, 7) is 2.36. The molecular formula is C11H20O. The molecular weight excluding hydrogens is 148 g/mol. The lowest BCUT2D eigenvalue weighted by molar-refractivity contribution is 0.372. The van der Waals surface area contributed by atoms with Crippen LogP contribution in [0.2, 0.25) is 0 Å². The predicted octanol–water partition coefficient (Wildman–Crippen LogP) is 2.71. The van der Waals surface area contributed by atoms with Crippen LogP contribution in [0.5, 0.6) is 0 Å². The molecule has 1 fully saturated rings. The van der Waals surface area contributed by atoms with Crippen molar-refractivity contribution < 1.29 is 5.48 Å². The Morgan fingerprint density at radius 2 is 2.00 bits per heavy atom. The molecule has 0 radical (unpaired) electrons. The van der Waals surface area contributed by atoms with Gasteiger partial charge in [-0.15, -0.1) is 0 Å². The molecule has 1 heteroatoms. The van der Waals surface area contributed by atoms with E-state index in [9.17, 15) is 0 Å². The largest absolute Gasteiger partial charge is 0.412 e. The van der Waals surface area contributed by atoms with Crippen molar-refractivity contribution in [1.29, 1.82) is 0 Å². The number of rotatable bonds is 0. The molecule has 12 heavy (non-hydrogen) atoms. The van der Waals surface area contributed by atoms with Crippen LogP contribution >= 0.6 is 0 Å². The van der Waals surface area contributed by atoms with E-state index in [0.29, 0.717) is 0 Å². The maximum Gasteiger partial charge on any atom is -0.0203 e. The highest BCUT2D eigenvalue weighted by Crippen LogP contribution is 2.37. The Bertz CT molecular complexity index is 172. The Morgan fingerprint density at radius 1 is 1.17 bits per heavy atom. The van der Waals surface area contributed by atoms with Crippen LogP contribution in [0.15, 0.2) is 11.6 Å². The molecule has 0 aliphatic heterocycles. The van der Waals surface area contributed by atoms with E-state index in [1.807, 2.05) is 0 Å². The number of allylic oxidation sites excluding steroid dienone is 2. The van der Waals surface area contributed by atoms with Crippen molar-refractivity contribution in [2.75, 3.05) is 0 Å². The topological polar surface area (TPSA) is 31.5 Å². The zero-order valence-corrected chi connectivity index (χ0v) is 7.97. The number of fused-ring (bicyclic) bond motifs is 1. The van der Waals surface area contributed by atoms with Crippen molar-refractivity contribution in [2.24, 2.45) is 11.8 Å². The van der Waals surface area contributed by atoms with Gasteiger partial charge in [-0.25, -0.2) is 0 Å². The zero-order chi connectivity index (χ0) is 7.68. The van der Waals surface area contributed by atoms with E-state index in [1.54, 1.807) is 5.57 Å². The number of hydrogen-bond acceptors (Lipinski definition) is 0. The Balaban J connectivity index is 0.000000720. The third-order valence-corrected chi connectivity index (χ3v) is 3.26. The Kier molecular flexibility index (Phi) is 3.33. The van der Waals surface area contributed by atoms with E-state index < -0.39 is 0 Å². The van der Waals surface area contributed by atoms with Crippen LogP contribution in [0.25, 0.3) is 0 Å². The van der Waals surface area contributed by atoms with Gasteiger partial charge in [0.05, 0.1) is 0 Å². The molecule has 2 rings (SSSR count). The highest BCUT2D eigenvalue weighted by molar-refractivity contribution is 5.13. The first-order valence-corrected chi connectivity index (χ1v) is 5.07.